The van der Waals surface area contributed by atoms with E-state index in [1.54, 1.807) is 12.1 Å². The monoisotopic (exact) mass is 753 g/mol. The van der Waals surface area contributed by atoms with Crippen LogP contribution in [0, 0.1) is 29.4 Å². The number of aliphatic imine (C=N–C) groups is 1. The highest BCUT2D eigenvalue weighted by molar-refractivity contribution is 6.03. The van der Waals surface area contributed by atoms with Gasteiger partial charge in [0.1, 0.15) is 35.2 Å². The van der Waals surface area contributed by atoms with Crippen LogP contribution in [-0.2, 0) is 35.4 Å². The second kappa shape index (κ2) is 12.3. The van der Waals surface area contributed by atoms with Crippen LogP contribution in [0.2, 0.25) is 0 Å². The summed E-state index contributed by atoms with van der Waals surface area (Å²) in [5.41, 5.74) is -2.35. The molecular formula is C39H34F7N5O3. The molecule has 15 heteroatoms. The number of nitrogens with zero attached hydrogens (tertiary/aromatic N) is 3. The van der Waals surface area contributed by atoms with Gasteiger partial charge in [0.25, 0.3) is 11.8 Å². The van der Waals surface area contributed by atoms with E-state index in [2.05, 4.69) is 27.6 Å². The molecule has 0 saturated heterocycles. The first kappa shape index (κ1) is 36.0. The third-order valence-electron chi connectivity index (χ3n) is 11.0. The maximum atomic E-state index is 15.6. The van der Waals surface area contributed by atoms with Crippen molar-refractivity contribution in [1.82, 2.24) is 20.4 Å². The number of halogens is 7. The van der Waals surface area contributed by atoms with Gasteiger partial charge in [-0.15, -0.1) is 0 Å². The van der Waals surface area contributed by atoms with Crippen LogP contribution in [0.4, 0.5) is 30.7 Å². The van der Waals surface area contributed by atoms with Gasteiger partial charge in [-0.25, -0.2) is 13.8 Å². The van der Waals surface area contributed by atoms with Gasteiger partial charge in [0, 0.05) is 34.7 Å². The van der Waals surface area contributed by atoms with Crippen molar-refractivity contribution in [3.8, 4) is 11.8 Å². The number of carbonyl (C=O) groups excluding carboxylic acids is 2. The molecule has 3 aliphatic carbocycles. The Kier molecular flexibility index (Phi) is 8.19. The van der Waals surface area contributed by atoms with Crippen molar-refractivity contribution >= 4 is 17.5 Å². The van der Waals surface area contributed by atoms with Crippen molar-refractivity contribution in [2.75, 3.05) is 0 Å². The maximum absolute atomic E-state index is 15.6. The SMILES string of the molecule is CC(C)(O)C#CC1=CCC(c2ccc3c(c2)C(=O)NC32CC2)C([C@H](Cc2cc(F)cc(F)c2)NC(=O)Cn2nc(C(F)(F)F)c3c2C(F)(F)[C@@H]2CC[C@H]32)=N1. The van der Waals surface area contributed by atoms with Crippen LogP contribution in [0.3, 0.4) is 0 Å². The van der Waals surface area contributed by atoms with E-state index in [4.69, 9.17) is 4.99 Å². The molecule has 2 aromatic carbocycles. The Morgan fingerprint density at radius 3 is 2.46 bits per heavy atom. The first-order chi connectivity index (χ1) is 25.3. The highest BCUT2D eigenvalue weighted by Gasteiger charge is 2.63. The Balaban J connectivity index is 1.19. The zero-order valence-corrected chi connectivity index (χ0v) is 29.1. The third kappa shape index (κ3) is 6.27. The Bertz CT molecular complexity index is 2220. The number of aliphatic hydroxyl groups is 1. The van der Waals surface area contributed by atoms with Gasteiger partial charge in [-0.3, -0.25) is 14.3 Å². The first-order valence-electron chi connectivity index (χ1n) is 17.6. The average molecular weight is 754 g/mol. The van der Waals surface area contributed by atoms with Crippen LogP contribution in [0.15, 0.2) is 53.2 Å². The van der Waals surface area contributed by atoms with Crippen LogP contribution < -0.4 is 10.6 Å². The van der Waals surface area contributed by atoms with E-state index in [0.29, 0.717) is 21.9 Å². The minimum Gasteiger partial charge on any atom is -0.378 e. The van der Waals surface area contributed by atoms with Gasteiger partial charge in [0.05, 0.1) is 11.6 Å². The second-order valence-electron chi connectivity index (χ2n) is 15.3. The van der Waals surface area contributed by atoms with Gasteiger partial charge in [0.2, 0.25) is 5.91 Å². The Morgan fingerprint density at radius 1 is 1.11 bits per heavy atom. The van der Waals surface area contributed by atoms with Gasteiger partial charge in [-0.1, -0.05) is 18.1 Å². The molecule has 3 N–H and O–H groups in total. The lowest BCUT2D eigenvalue weighted by molar-refractivity contribution is -0.144. The van der Waals surface area contributed by atoms with Crippen molar-refractivity contribution < 1.29 is 45.4 Å². The van der Waals surface area contributed by atoms with Crippen molar-refractivity contribution in [1.29, 1.82) is 0 Å². The fourth-order valence-electron chi connectivity index (χ4n) is 8.32. The van der Waals surface area contributed by atoms with Gasteiger partial charge in [-0.2, -0.15) is 27.1 Å². The number of fused-ring (bicyclic) bond motifs is 5. The molecular weight excluding hydrogens is 719 g/mol. The van der Waals surface area contributed by atoms with Crippen molar-refractivity contribution in [3.63, 3.8) is 0 Å². The summed E-state index contributed by atoms with van der Waals surface area (Å²) in [7, 11) is 0. The summed E-state index contributed by atoms with van der Waals surface area (Å²) < 4.78 is 103. The van der Waals surface area contributed by atoms with Gasteiger partial charge in [0.15, 0.2) is 5.69 Å². The molecule has 2 aliphatic heterocycles. The molecule has 5 aliphatic rings. The lowest BCUT2D eigenvalue weighted by Gasteiger charge is -2.34. The maximum Gasteiger partial charge on any atom is 0.435 e. The van der Waals surface area contributed by atoms with Gasteiger partial charge in [-0.05, 0) is 105 Å². The van der Waals surface area contributed by atoms with E-state index in [1.807, 2.05) is 12.1 Å². The van der Waals surface area contributed by atoms with Crippen LogP contribution >= 0.6 is 0 Å². The Morgan fingerprint density at radius 2 is 1.83 bits per heavy atom. The number of hydrogen-bond donors (Lipinski definition) is 3. The molecule has 0 bridgehead atoms. The number of nitrogens with one attached hydrogen (secondary N) is 2. The Hall–Kier alpha value is -4.97. The average Bonchev–Trinajstić information content (AvgIpc) is 3.59. The van der Waals surface area contributed by atoms with Crippen LogP contribution in [0.5, 0.6) is 0 Å². The molecule has 2 fully saturated rings. The normalized spacial score (nSPS) is 23.5. The van der Waals surface area contributed by atoms with Crippen LogP contribution in [0.25, 0.3) is 0 Å². The third-order valence-corrected chi connectivity index (χ3v) is 11.0. The van der Waals surface area contributed by atoms with E-state index >= 15 is 8.78 Å². The quantitative estimate of drug-likeness (QED) is 0.189. The molecule has 1 aromatic heterocycles. The topological polar surface area (TPSA) is 109 Å². The van der Waals surface area contributed by atoms with Crippen LogP contribution in [0.1, 0.15) is 102 Å². The van der Waals surface area contributed by atoms with E-state index in [0.717, 1.165) is 30.5 Å². The fourth-order valence-corrected chi connectivity index (χ4v) is 8.32. The zero-order valence-electron chi connectivity index (χ0n) is 29.1. The summed E-state index contributed by atoms with van der Waals surface area (Å²) in [4.78, 5) is 31.6. The largest absolute Gasteiger partial charge is 0.435 e. The van der Waals surface area contributed by atoms with Gasteiger partial charge >= 0.3 is 6.18 Å². The predicted octanol–water partition coefficient (Wildman–Crippen LogP) is 6.53. The van der Waals surface area contributed by atoms with Gasteiger partial charge < -0.3 is 15.7 Å². The van der Waals surface area contributed by atoms with Crippen molar-refractivity contribution in [3.05, 3.63) is 99.0 Å². The summed E-state index contributed by atoms with van der Waals surface area (Å²) in [6.45, 7) is 1.92. The first-order valence-corrected chi connectivity index (χ1v) is 17.6. The molecule has 2 saturated carbocycles. The number of carbonyl (C=O) groups is 2. The molecule has 1 spiro atoms. The molecule has 8 rings (SSSR count). The molecule has 4 atom stereocenters. The van der Waals surface area contributed by atoms with E-state index < -0.39 is 88.1 Å². The molecule has 2 amide bonds. The molecule has 1 unspecified atom stereocenters. The van der Waals surface area contributed by atoms with Crippen LogP contribution in [-0.4, -0.2) is 44.1 Å². The minimum absolute atomic E-state index is 0.0286. The number of allylic oxidation sites excluding steroid dienone is 2. The number of benzene rings is 2. The molecule has 3 aromatic rings. The molecule has 8 nitrogen and oxygen atoms in total. The summed E-state index contributed by atoms with van der Waals surface area (Å²) in [5, 5.41) is 19.5. The number of rotatable bonds is 7. The van der Waals surface area contributed by atoms with Crippen molar-refractivity contribution in [2.24, 2.45) is 10.9 Å². The smallest absolute Gasteiger partial charge is 0.378 e. The molecule has 54 heavy (non-hydrogen) atoms. The fraction of sp³-hybridized carbons (Fsp3) is 0.436. The summed E-state index contributed by atoms with van der Waals surface area (Å²) >= 11 is 0. The Labute approximate surface area is 304 Å². The van der Waals surface area contributed by atoms with E-state index in [9.17, 15) is 36.6 Å². The standard InChI is InChI=1S/C39H34F7N5O3/c1-36(2,54)10-9-23-4-5-24(20-3-7-27-26(16-20)35(53)49-37(27)11-12-37)32(47-23)29(15-19-13-21(40)17-22(41)14-19)48-30(52)18-51-34-31(33(50-51)39(44,45)46)25-6-8-28(25)38(34,42)43/h3-4,7,13-14,16-17,24-25,28-29,54H,5-6,8,11-12,15,18H2,1-2H3,(H,48,52)(H,49,53)/t24?,25-,28+,29-/m0/s1. The summed E-state index contributed by atoms with van der Waals surface area (Å²) in [6.07, 6.45) is -1.64. The minimum atomic E-state index is -5.04. The number of aromatic nitrogens is 2. The number of amides is 2. The number of hydrogen-bond acceptors (Lipinski definition) is 5. The second-order valence-corrected chi connectivity index (χ2v) is 15.3. The van der Waals surface area contributed by atoms with Crippen molar-refractivity contribution in [2.45, 2.75) is 100 Å². The summed E-state index contributed by atoms with van der Waals surface area (Å²) in [5.74, 6) is -4.25. The highest BCUT2D eigenvalue weighted by Crippen LogP contribution is 2.64. The molecule has 3 heterocycles. The zero-order chi connectivity index (χ0) is 38.5. The molecule has 0 radical (unpaired) electrons. The highest BCUT2D eigenvalue weighted by atomic mass is 19.4. The lowest BCUT2D eigenvalue weighted by Crippen LogP contribution is -2.46. The lowest BCUT2D eigenvalue weighted by atomic mass is 9.73. The van der Waals surface area contributed by atoms with E-state index in [-0.39, 0.29) is 48.6 Å². The van der Waals surface area contributed by atoms with E-state index in [1.165, 1.54) is 13.8 Å². The number of alkyl halides is 5. The molecule has 282 valence electrons. The summed E-state index contributed by atoms with van der Waals surface area (Å²) in [6, 6.07) is 6.94. The predicted molar refractivity (Wildman–Crippen MR) is 180 cm³/mol.